The van der Waals surface area contributed by atoms with E-state index in [1.165, 1.54) is 0 Å². The Hall–Kier alpha value is -0.120. The van der Waals surface area contributed by atoms with E-state index in [-0.39, 0.29) is 6.10 Å². The molecule has 0 amide bonds. The molecule has 0 radical (unpaired) electrons. The van der Waals surface area contributed by atoms with Crippen molar-refractivity contribution in [1.82, 2.24) is 0 Å². The second-order valence-corrected chi connectivity index (χ2v) is 2.35. The van der Waals surface area contributed by atoms with Crippen molar-refractivity contribution in [3.8, 4) is 0 Å². The van der Waals surface area contributed by atoms with Gasteiger partial charge in [-0.1, -0.05) is 0 Å². The van der Waals surface area contributed by atoms with Crippen LogP contribution in [0.15, 0.2) is 0 Å². The maximum Gasteiger partial charge on any atom is 0.0831 e. The normalized spacial score (nSPS) is 26.7. The summed E-state index contributed by atoms with van der Waals surface area (Å²) >= 11 is 0. The summed E-state index contributed by atoms with van der Waals surface area (Å²) in [6.07, 6.45) is 1.20. The van der Waals surface area contributed by atoms with E-state index in [0.717, 1.165) is 32.8 Å². The highest BCUT2D eigenvalue weighted by Gasteiger charge is 2.12. The Morgan fingerprint density at radius 1 is 1.50 bits per heavy atom. The first kappa shape index (κ1) is 7.98. The molecule has 0 bridgehead atoms. The van der Waals surface area contributed by atoms with Crippen molar-refractivity contribution in [3.63, 3.8) is 0 Å². The number of rotatable bonds is 3. The molecule has 10 heavy (non-hydrogen) atoms. The van der Waals surface area contributed by atoms with Gasteiger partial charge in [-0.15, -0.1) is 0 Å². The number of ether oxygens (including phenoxy) is 3. The second kappa shape index (κ2) is 4.66. The predicted octanol–water partition coefficient (Wildman–Crippen LogP) is 0.438. The lowest BCUT2D eigenvalue weighted by Gasteiger charge is -2.22. The van der Waals surface area contributed by atoms with Crippen LogP contribution in [0.1, 0.15) is 6.42 Å². The predicted molar refractivity (Wildman–Crippen MR) is 37.1 cm³/mol. The van der Waals surface area contributed by atoms with Crippen molar-refractivity contribution in [2.45, 2.75) is 12.5 Å². The van der Waals surface area contributed by atoms with Crippen LogP contribution in [0.4, 0.5) is 0 Å². The Labute approximate surface area is 61.3 Å². The average Bonchev–Trinajstić information content (AvgIpc) is 2.03. The van der Waals surface area contributed by atoms with Gasteiger partial charge in [0.25, 0.3) is 0 Å². The highest BCUT2D eigenvalue weighted by Crippen LogP contribution is 2.04. The smallest absolute Gasteiger partial charge is 0.0831 e. The van der Waals surface area contributed by atoms with Crippen molar-refractivity contribution in [2.24, 2.45) is 0 Å². The summed E-state index contributed by atoms with van der Waals surface area (Å²) in [5.41, 5.74) is 0. The standard InChI is InChI=1S/C7H14O3/c1-8-3-2-7-6-9-4-5-10-7/h7H,2-6H2,1H3. The van der Waals surface area contributed by atoms with E-state index in [0.29, 0.717) is 0 Å². The summed E-state index contributed by atoms with van der Waals surface area (Å²) in [6.45, 7) is 2.95. The van der Waals surface area contributed by atoms with Crippen LogP contribution in [0.5, 0.6) is 0 Å². The molecule has 0 saturated carbocycles. The second-order valence-electron chi connectivity index (χ2n) is 2.35. The van der Waals surface area contributed by atoms with Crippen molar-refractivity contribution in [2.75, 3.05) is 33.5 Å². The Morgan fingerprint density at radius 3 is 3.00 bits per heavy atom. The first-order valence-electron chi connectivity index (χ1n) is 3.62. The van der Waals surface area contributed by atoms with E-state index in [2.05, 4.69) is 0 Å². The van der Waals surface area contributed by atoms with Crippen LogP contribution in [0, 0.1) is 0 Å². The molecule has 0 aliphatic carbocycles. The third kappa shape index (κ3) is 2.64. The van der Waals surface area contributed by atoms with Gasteiger partial charge in [0.15, 0.2) is 0 Å². The summed E-state index contributed by atoms with van der Waals surface area (Å²) in [5, 5.41) is 0. The molecule has 1 saturated heterocycles. The van der Waals surface area contributed by atoms with Gasteiger partial charge in [-0.2, -0.15) is 0 Å². The molecule has 1 aliphatic rings. The maximum atomic E-state index is 5.38. The van der Waals surface area contributed by atoms with Crippen LogP contribution in [0.25, 0.3) is 0 Å². The van der Waals surface area contributed by atoms with E-state index >= 15 is 0 Å². The summed E-state index contributed by atoms with van der Waals surface area (Å²) in [5.74, 6) is 0. The van der Waals surface area contributed by atoms with E-state index in [4.69, 9.17) is 14.2 Å². The molecular formula is C7H14O3. The van der Waals surface area contributed by atoms with E-state index in [9.17, 15) is 0 Å². The molecule has 0 N–H and O–H groups in total. The minimum Gasteiger partial charge on any atom is -0.385 e. The van der Waals surface area contributed by atoms with E-state index in [1.54, 1.807) is 7.11 Å². The van der Waals surface area contributed by atoms with Crippen molar-refractivity contribution in [1.29, 1.82) is 0 Å². The fourth-order valence-electron chi connectivity index (χ4n) is 0.953. The summed E-state index contributed by atoms with van der Waals surface area (Å²) in [4.78, 5) is 0. The Kier molecular flexibility index (Phi) is 3.72. The van der Waals surface area contributed by atoms with Gasteiger partial charge in [-0.25, -0.2) is 0 Å². The van der Waals surface area contributed by atoms with Crippen LogP contribution in [-0.2, 0) is 14.2 Å². The molecule has 1 fully saturated rings. The van der Waals surface area contributed by atoms with Crippen molar-refractivity contribution in [3.05, 3.63) is 0 Å². The average molecular weight is 146 g/mol. The Bertz CT molecular complexity index is 78.9. The van der Waals surface area contributed by atoms with Crippen LogP contribution < -0.4 is 0 Å². The van der Waals surface area contributed by atoms with Gasteiger partial charge >= 0.3 is 0 Å². The molecule has 1 atom stereocenters. The molecule has 3 nitrogen and oxygen atoms in total. The number of methoxy groups -OCH3 is 1. The SMILES string of the molecule is COCCC1COCCO1. The zero-order chi connectivity index (χ0) is 7.23. The highest BCUT2D eigenvalue weighted by molar-refractivity contribution is 4.59. The van der Waals surface area contributed by atoms with Gasteiger partial charge in [0, 0.05) is 13.7 Å². The molecule has 1 heterocycles. The van der Waals surface area contributed by atoms with Gasteiger partial charge < -0.3 is 14.2 Å². The molecule has 0 aromatic heterocycles. The van der Waals surface area contributed by atoms with Crippen LogP contribution in [0.3, 0.4) is 0 Å². The lowest BCUT2D eigenvalue weighted by atomic mass is 10.2. The molecule has 0 aromatic rings. The lowest BCUT2D eigenvalue weighted by molar-refractivity contribution is -0.0957. The molecule has 60 valence electrons. The zero-order valence-corrected chi connectivity index (χ0v) is 6.34. The molecule has 0 aromatic carbocycles. The molecule has 1 rings (SSSR count). The lowest BCUT2D eigenvalue weighted by Crippen LogP contribution is -2.29. The Morgan fingerprint density at radius 2 is 2.40 bits per heavy atom. The van der Waals surface area contributed by atoms with Crippen molar-refractivity contribution < 1.29 is 14.2 Å². The van der Waals surface area contributed by atoms with Gasteiger partial charge in [0.1, 0.15) is 0 Å². The first-order valence-corrected chi connectivity index (χ1v) is 3.62. The zero-order valence-electron chi connectivity index (χ0n) is 6.34. The largest absolute Gasteiger partial charge is 0.385 e. The van der Waals surface area contributed by atoms with Gasteiger partial charge in [-0.05, 0) is 6.42 Å². The molecular weight excluding hydrogens is 132 g/mol. The van der Waals surface area contributed by atoms with Crippen LogP contribution >= 0.6 is 0 Å². The third-order valence-electron chi connectivity index (χ3n) is 1.53. The minimum atomic E-state index is 0.258. The summed E-state index contributed by atoms with van der Waals surface area (Å²) in [7, 11) is 1.70. The quantitative estimate of drug-likeness (QED) is 0.578. The molecule has 3 heteroatoms. The number of hydrogen-bond acceptors (Lipinski definition) is 3. The molecule has 0 spiro atoms. The number of hydrogen-bond donors (Lipinski definition) is 0. The monoisotopic (exact) mass is 146 g/mol. The first-order chi connectivity index (χ1) is 4.93. The summed E-state index contributed by atoms with van der Waals surface area (Å²) < 4.78 is 15.5. The van der Waals surface area contributed by atoms with Gasteiger partial charge in [0.05, 0.1) is 25.9 Å². The van der Waals surface area contributed by atoms with E-state index in [1.807, 2.05) is 0 Å². The van der Waals surface area contributed by atoms with E-state index < -0.39 is 0 Å². The topological polar surface area (TPSA) is 27.7 Å². The third-order valence-corrected chi connectivity index (χ3v) is 1.53. The van der Waals surface area contributed by atoms with Crippen LogP contribution in [-0.4, -0.2) is 39.6 Å². The molecule has 1 aliphatic heterocycles. The fourth-order valence-corrected chi connectivity index (χ4v) is 0.953. The molecule has 1 unspecified atom stereocenters. The van der Waals surface area contributed by atoms with Crippen molar-refractivity contribution >= 4 is 0 Å². The van der Waals surface area contributed by atoms with Crippen LogP contribution in [0.2, 0.25) is 0 Å². The fraction of sp³-hybridized carbons (Fsp3) is 1.00. The minimum absolute atomic E-state index is 0.258. The maximum absolute atomic E-state index is 5.38. The highest BCUT2D eigenvalue weighted by atomic mass is 16.6. The van der Waals surface area contributed by atoms with Gasteiger partial charge in [-0.3, -0.25) is 0 Å². The Balaban J connectivity index is 2.02. The summed E-state index contributed by atoms with van der Waals surface area (Å²) in [6, 6.07) is 0. The van der Waals surface area contributed by atoms with Gasteiger partial charge in [0.2, 0.25) is 0 Å².